The van der Waals surface area contributed by atoms with Crippen LogP contribution in [0, 0.1) is 6.92 Å². The molecule has 4 nitrogen and oxygen atoms in total. The van der Waals surface area contributed by atoms with Crippen LogP contribution in [0.5, 0.6) is 0 Å². The number of aliphatic hydroxyl groups is 1. The smallest absolute Gasteiger partial charge is 0.0869 e. The molecule has 0 spiro atoms. The molecule has 2 aliphatic heterocycles. The highest BCUT2D eigenvalue weighted by Crippen LogP contribution is 2.39. The van der Waals surface area contributed by atoms with Gasteiger partial charge in [0.15, 0.2) is 0 Å². The highest BCUT2D eigenvalue weighted by Gasteiger charge is 2.48. The van der Waals surface area contributed by atoms with E-state index < -0.39 is 5.60 Å². The Hall–Kier alpha value is -0.580. The molecular formula is C13H20ClN3O. The van der Waals surface area contributed by atoms with Crippen LogP contribution in [0.15, 0.2) is 0 Å². The van der Waals surface area contributed by atoms with Crippen molar-refractivity contribution in [3.8, 4) is 0 Å². The lowest BCUT2D eigenvalue weighted by atomic mass is 9.88. The molecule has 0 radical (unpaired) electrons. The third-order valence-corrected chi connectivity index (χ3v) is 5.04. The zero-order valence-corrected chi connectivity index (χ0v) is 11.7. The summed E-state index contributed by atoms with van der Waals surface area (Å²) >= 11 is 6.29. The van der Waals surface area contributed by atoms with Crippen molar-refractivity contribution in [1.82, 2.24) is 14.7 Å². The topological polar surface area (TPSA) is 41.3 Å². The summed E-state index contributed by atoms with van der Waals surface area (Å²) in [4.78, 5) is 2.41. The van der Waals surface area contributed by atoms with E-state index in [1.165, 1.54) is 6.42 Å². The van der Waals surface area contributed by atoms with Crippen LogP contribution in [-0.4, -0.2) is 44.5 Å². The first-order valence-electron chi connectivity index (χ1n) is 6.66. The number of hydrogen-bond acceptors (Lipinski definition) is 3. The van der Waals surface area contributed by atoms with Crippen molar-refractivity contribution >= 4 is 11.6 Å². The van der Waals surface area contributed by atoms with E-state index in [0.29, 0.717) is 17.5 Å². The zero-order chi connectivity index (χ0) is 12.9. The van der Waals surface area contributed by atoms with Crippen LogP contribution in [0.4, 0.5) is 0 Å². The number of aryl methyl sites for hydroxylation is 2. The van der Waals surface area contributed by atoms with E-state index in [-0.39, 0.29) is 0 Å². The fourth-order valence-corrected chi connectivity index (χ4v) is 3.80. The fraction of sp³-hybridized carbons (Fsp3) is 0.769. The lowest BCUT2D eigenvalue weighted by Gasteiger charge is -2.30. The quantitative estimate of drug-likeness (QED) is 0.885. The minimum Gasteiger partial charge on any atom is -0.388 e. The first-order chi connectivity index (χ1) is 8.51. The third-order valence-electron chi connectivity index (χ3n) is 4.55. The van der Waals surface area contributed by atoms with E-state index in [1.807, 2.05) is 18.7 Å². The Labute approximate surface area is 113 Å². The Morgan fingerprint density at radius 1 is 1.50 bits per heavy atom. The molecule has 2 aliphatic rings. The van der Waals surface area contributed by atoms with Crippen LogP contribution in [0.2, 0.25) is 5.02 Å². The Kier molecular flexibility index (Phi) is 2.92. The van der Waals surface area contributed by atoms with Gasteiger partial charge in [-0.2, -0.15) is 5.10 Å². The van der Waals surface area contributed by atoms with E-state index >= 15 is 0 Å². The van der Waals surface area contributed by atoms with E-state index in [2.05, 4.69) is 10.00 Å². The summed E-state index contributed by atoms with van der Waals surface area (Å²) in [5.74, 6) is 0. The molecule has 1 aromatic heterocycles. The van der Waals surface area contributed by atoms with Gasteiger partial charge in [-0.25, -0.2) is 0 Å². The van der Waals surface area contributed by atoms with Gasteiger partial charge in [0.05, 0.1) is 22.0 Å². The molecule has 2 atom stereocenters. The largest absolute Gasteiger partial charge is 0.388 e. The minimum atomic E-state index is -0.625. The predicted molar refractivity (Wildman–Crippen MR) is 70.8 cm³/mol. The van der Waals surface area contributed by atoms with Crippen molar-refractivity contribution in [1.29, 1.82) is 0 Å². The molecule has 0 saturated carbocycles. The summed E-state index contributed by atoms with van der Waals surface area (Å²) in [5.41, 5.74) is 1.19. The highest BCUT2D eigenvalue weighted by molar-refractivity contribution is 6.31. The van der Waals surface area contributed by atoms with Crippen molar-refractivity contribution < 1.29 is 5.11 Å². The molecule has 3 rings (SSSR count). The molecule has 1 N–H and O–H groups in total. The number of hydrogen-bond donors (Lipinski definition) is 1. The van der Waals surface area contributed by atoms with Gasteiger partial charge in [-0.15, -0.1) is 0 Å². The van der Waals surface area contributed by atoms with Gasteiger partial charge < -0.3 is 5.11 Å². The molecular weight excluding hydrogens is 250 g/mol. The van der Waals surface area contributed by atoms with E-state index in [4.69, 9.17) is 11.6 Å². The number of fused-ring (bicyclic) bond motifs is 1. The standard InChI is InChI=1S/C13H20ClN3O/c1-9-12(14)10(16(2)15-9)8-13(18)5-7-17-6-3-4-11(13)17/h11,18H,3-8H2,1-2H3. The molecule has 0 bridgehead atoms. The number of nitrogens with zero attached hydrogens (tertiary/aromatic N) is 3. The van der Waals surface area contributed by atoms with Crippen LogP contribution in [0.1, 0.15) is 30.7 Å². The van der Waals surface area contributed by atoms with E-state index in [9.17, 15) is 5.11 Å². The lowest BCUT2D eigenvalue weighted by molar-refractivity contribution is 0.0125. The molecule has 18 heavy (non-hydrogen) atoms. The van der Waals surface area contributed by atoms with Gasteiger partial charge in [-0.3, -0.25) is 9.58 Å². The summed E-state index contributed by atoms with van der Waals surface area (Å²) < 4.78 is 1.81. The monoisotopic (exact) mass is 269 g/mol. The lowest BCUT2D eigenvalue weighted by Crippen LogP contribution is -2.43. The maximum Gasteiger partial charge on any atom is 0.0869 e. The maximum absolute atomic E-state index is 10.9. The van der Waals surface area contributed by atoms with Gasteiger partial charge in [0, 0.05) is 26.1 Å². The molecule has 0 amide bonds. The summed E-state index contributed by atoms with van der Waals surface area (Å²) in [6.07, 6.45) is 3.76. The molecule has 100 valence electrons. The molecule has 1 aromatic rings. The van der Waals surface area contributed by atoms with Crippen molar-refractivity contribution in [2.45, 2.75) is 44.2 Å². The van der Waals surface area contributed by atoms with Gasteiger partial charge in [0.25, 0.3) is 0 Å². The average molecular weight is 270 g/mol. The number of aromatic nitrogens is 2. The Morgan fingerprint density at radius 2 is 2.28 bits per heavy atom. The van der Waals surface area contributed by atoms with Crippen molar-refractivity contribution in [2.75, 3.05) is 13.1 Å². The maximum atomic E-state index is 10.9. The normalized spacial score (nSPS) is 32.1. The Bertz CT molecular complexity index is 473. The molecule has 2 fully saturated rings. The second kappa shape index (κ2) is 4.22. The van der Waals surface area contributed by atoms with Gasteiger partial charge in [-0.05, 0) is 32.7 Å². The third kappa shape index (κ3) is 1.78. The van der Waals surface area contributed by atoms with Gasteiger partial charge >= 0.3 is 0 Å². The summed E-state index contributed by atoms with van der Waals surface area (Å²) in [7, 11) is 1.90. The number of halogens is 1. The Balaban J connectivity index is 1.87. The molecule has 0 aliphatic carbocycles. The van der Waals surface area contributed by atoms with Crippen molar-refractivity contribution in [2.24, 2.45) is 7.05 Å². The summed E-state index contributed by atoms with van der Waals surface area (Å²) in [6.45, 7) is 4.05. The van der Waals surface area contributed by atoms with Crippen LogP contribution < -0.4 is 0 Å². The summed E-state index contributed by atoms with van der Waals surface area (Å²) in [5, 5.41) is 16.0. The summed E-state index contributed by atoms with van der Waals surface area (Å²) in [6, 6.07) is 0.309. The van der Waals surface area contributed by atoms with Crippen LogP contribution in [0.3, 0.4) is 0 Å². The molecule has 0 aromatic carbocycles. The SMILES string of the molecule is Cc1nn(C)c(CC2(O)CCN3CCCC32)c1Cl. The van der Waals surface area contributed by atoms with E-state index in [1.54, 1.807) is 0 Å². The molecule has 5 heteroatoms. The van der Waals surface area contributed by atoms with E-state index in [0.717, 1.165) is 37.3 Å². The zero-order valence-electron chi connectivity index (χ0n) is 11.0. The Morgan fingerprint density at radius 3 is 2.94 bits per heavy atom. The van der Waals surface area contributed by atoms with Gasteiger partial charge in [0.1, 0.15) is 0 Å². The van der Waals surface area contributed by atoms with Gasteiger partial charge in [0.2, 0.25) is 0 Å². The second-order valence-corrected chi connectivity index (χ2v) is 6.07. The highest BCUT2D eigenvalue weighted by atomic mass is 35.5. The van der Waals surface area contributed by atoms with Crippen LogP contribution in [-0.2, 0) is 13.5 Å². The first-order valence-corrected chi connectivity index (χ1v) is 7.03. The molecule has 3 heterocycles. The first kappa shape index (κ1) is 12.5. The molecule has 2 unspecified atom stereocenters. The minimum absolute atomic E-state index is 0.309. The number of rotatable bonds is 2. The van der Waals surface area contributed by atoms with Crippen molar-refractivity contribution in [3.63, 3.8) is 0 Å². The van der Waals surface area contributed by atoms with Crippen molar-refractivity contribution in [3.05, 3.63) is 16.4 Å². The predicted octanol–water partition coefficient (Wildman–Crippen LogP) is 1.52. The van der Waals surface area contributed by atoms with Crippen LogP contribution in [0.25, 0.3) is 0 Å². The van der Waals surface area contributed by atoms with Gasteiger partial charge in [-0.1, -0.05) is 11.6 Å². The fourth-order valence-electron chi connectivity index (χ4n) is 3.57. The molecule has 2 saturated heterocycles. The second-order valence-electron chi connectivity index (χ2n) is 5.69. The van der Waals surface area contributed by atoms with Crippen LogP contribution >= 0.6 is 11.6 Å². The average Bonchev–Trinajstić information content (AvgIpc) is 2.95.